The van der Waals surface area contributed by atoms with Gasteiger partial charge in [-0.2, -0.15) is 0 Å². The van der Waals surface area contributed by atoms with Crippen LogP contribution in [-0.4, -0.2) is 29.7 Å². The third kappa shape index (κ3) is 4.05. The van der Waals surface area contributed by atoms with Gasteiger partial charge in [0.2, 0.25) is 0 Å². The first-order valence-electron chi connectivity index (χ1n) is 9.30. The van der Waals surface area contributed by atoms with E-state index >= 15 is 0 Å². The lowest BCUT2D eigenvalue weighted by Crippen LogP contribution is -2.30. The molecule has 5 nitrogen and oxygen atoms in total. The molecule has 5 heteroatoms. The first-order chi connectivity index (χ1) is 12.6. The minimum Gasteiger partial charge on any atom is -0.379 e. The Morgan fingerprint density at radius 3 is 2.77 bits per heavy atom. The van der Waals surface area contributed by atoms with Crippen LogP contribution in [0.1, 0.15) is 42.7 Å². The molecule has 2 aromatic rings. The third-order valence-electron chi connectivity index (χ3n) is 4.58. The lowest BCUT2D eigenvalue weighted by Gasteiger charge is -2.16. The molecule has 0 atom stereocenters. The van der Waals surface area contributed by atoms with Crippen molar-refractivity contribution in [2.24, 2.45) is 0 Å². The summed E-state index contributed by atoms with van der Waals surface area (Å²) in [5, 5.41) is 3.00. The Hall–Kier alpha value is -2.40. The Labute approximate surface area is 154 Å². The van der Waals surface area contributed by atoms with Gasteiger partial charge in [0.15, 0.2) is 0 Å². The maximum absolute atomic E-state index is 12.9. The molecule has 0 radical (unpaired) electrons. The van der Waals surface area contributed by atoms with Gasteiger partial charge in [0.1, 0.15) is 0 Å². The van der Waals surface area contributed by atoms with Crippen LogP contribution in [0.5, 0.6) is 0 Å². The van der Waals surface area contributed by atoms with Crippen LogP contribution in [-0.2, 0) is 17.7 Å². The average Bonchev–Trinajstić information content (AvgIpc) is 3.11. The number of hydrogen-bond donors (Lipinski definition) is 1. The van der Waals surface area contributed by atoms with Crippen LogP contribution in [0.15, 0.2) is 41.2 Å². The lowest BCUT2D eigenvalue weighted by atomic mass is 9.97. The van der Waals surface area contributed by atoms with Crippen LogP contribution in [0.25, 0.3) is 11.1 Å². The largest absolute Gasteiger partial charge is 0.379 e. The number of aromatic nitrogens is 1. The molecule has 0 aliphatic carbocycles. The Morgan fingerprint density at radius 2 is 2.04 bits per heavy atom. The molecule has 1 aliphatic heterocycles. The number of ether oxygens (including phenoxy) is 1. The summed E-state index contributed by atoms with van der Waals surface area (Å²) in [6.45, 7) is 5.85. The van der Waals surface area contributed by atoms with Crippen molar-refractivity contribution in [2.45, 2.75) is 45.8 Å². The van der Waals surface area contributed by atoms with Crippen LogP contribution in [0.2, 0.25) is 0 Å². The standard InChI is InChI=1S/C21H26N2O3/c1-15(2)26-13-7-11-22-21(25)20-17(16-8-4-3-5-9-16)14-19(24)23-12-6-10-18(20)23/h3-5,8-9,14-15H,6-7,10-13H2,1-2H3,(H,22,25). The van der Waals surface area contributed by atoms with E-state index in [2.05, 4.69) is 5.32 Å². The number of benzene rings is 1. The normalized spacial score (nSPS) is 13.0. The summed E-state index contributed by atoms with van der Waals surface area (Å²) < 4.78 is 7.25. The highest BCUT2D eigenvalue weighted by Crippen LogP contribution is 2.28. The van der Waals surface area contributed by atoms with E-state index in [1.54, 1.807) is 10.6 Å². The van der Waals surface area contributed by atoms with Gasteiger partial charge in [0.05, 0.1) is 11.7 Å². The van der Waals surface area contributed by atoms with Gasteiger partial charge in [-0.15, -0.1) is 0 Å². The summed E-state index contributed by atoms with van der Waals surface area (Å²) in [7, 11) is 0. The van der Waals surface area contributed by atoms with Gasteiger partial charge in [0, 0.05) is 37.0 Å². The number of hydrogen-bond acceptors (Lipinski definition) is 3. The molecule has 1 aliphatic rings. The second kappa shape index (κ2) is 8.32. The average molecular weight is 354 g/mol. The first kappa shape index (κ1) is 18.4. The first-order valence-corrected chi connectivity index (χ1v) is 9.30. The van der Waals surface area contributed by atoms with Gasteiger partial charge in [-0.3, -0.25) is 9.59 Å². The predicted molar refractivity (Wildman–Crippen MR) is 102 cm³/mol. The van der Waals surface area contributed by atoms with Crippen molar-refractivity contribution < 1.29 is 9.53 Å². The fraction of sp³-hybridized carbons (Fsp3) is 0.429. The molecule has 1 amide bonds. The van der Waals surface area contributed by atoms with Gasteiger partial charge in [-0.25, -0.2) is 0 Å². The molecule has 0 fully saturated rings. The Kier molecular flexibility index (Phi) is 5.89. The fourth-order valence-electron chi connectivity index (χ4n) is 3.39. The van der Waals surface area contributed by atoms with Gasteiger partial charge in [-0.05, 0) is 38.7 Å². The quantitative estimate of drug-likeness (QED) is 0.778. The van der Waals surface area contributed by atoms with Crippen molar-refractivity contribution in [1.82, 2.24) is 9.88 Å². The number of fused-ring (bicyclic) bond motifs is 1. The molecular weight excluding hydrogens is 328 g/mol. The van der Waals surface area contributed by atoms with E-state index in [1.807, 2.05) is 44.2 Å². The van der Waals surface area contributed by atoms with Crippen LogP contribution in [0, 0.1) is 0 Å². The van der Waals surface area contributed by atoms with E-state index in [-0.39, 0.29) is 17.6 Å². The van der Waals surface area contributed by atoms with E-state index in [4.69, 9.17) is 4.74 Å². The van der Waals surface area contributed by atoms with Crippen LogP contribution in [0.3, 0.4) is 0 Å². The summed E-state index contributed by atoms with van der Waals surface area (Å²) >= 11 is 0. The van der Waals surface area contributed by atoms with Crippen molar-refractivity contribution in [3.8, 4) is 11.1 Å². The molecule has 1 N–H and O–H groups in total. The number of carbonyl (C=O) groups excluding carboxylic acids is 1. The van der Waals surface area contributed by atoms with Gasteiger partial charge in [0.25, 0.3) is 11.5 Å². The number of nitrogens with zero attached hydrogens (tertiary/aromatic N) is 1. The highest BCUT2D eigenvalue weighted by molar-refractivity contribution is 6.02. The van der Waals surface area contributed by atoms with E-state index in [0.29, 0.717) is 25.3 Å². The molecule has 0 saturated heterocycles. The maximum Gasteiger partial charge on any atom is 0.253 e. The molecular formula is C21H26N2O3. The van der Waals surface area contributed by atoms with Gasteiger partial charge in [-0.1, -0.05) is 30.3 Å². The Morgan fingerprint density at radius 1 is 1.27 bits per heavy atom. The molecule has 0 saturated carbocycles. The lowest BCUT2D eigenvalue weighted by molar-refractivity contribution is 0.0757. The van der Waals surface area contributed by atoms with Crippen molar-refractivity contribution in [1.29, 1.82) is 0 Å². The molecule has 3 rings (SSSR count). The number of nitrogens with one attached hydrogen (secondary N) is 1. The number of pyridine rings is 1. The smallest absolute Gasteiger partial charge is 0.253 e. The summed E-state index contributed by atoms with van der Waals surface area (Å²) in [5.41, 5.74) is 3.08. The second-order valence-electron chi connectivity index (χ2n) is 6.87. The summed E-state index contributed by atoms with van der Waals surface area (Å²) in [4.78, 5) is 25.4. The number of amides is 1. The molecule has 0 unspecified atom stereocenters. The molecule has 26 heavy (non-hydrogen) atoms. The van der Waals surface area contributed by atoms with E-state index in [1.165, 1.54) is 0 Å². The van der Waals surface area contributed by atoms with Crippen LogP contribution in [0.4, 0.5) is 0 Å². The third-order valence-corrected chi connectivity index (χ3v) is 4.58. The summed E-state index contributed by atoms with van der Waals surface area (Å²) in [5.74, 6) is -0.112. The van der Waals surface area contributed by atoms with E-state index in [0.717, 1.165) is 36.1 Å². The maximum atomic E-state index is 12.9. The topological polar surface area (TPSA) is 60.3 Å². The molecule has 0 bridgehead atoms. The minimum atomic E-state index is -0.112. The van der Waals surface area contributed by atoms with Crippen molar-refractivity contribution in [3.05, 3.63) is 58.0 Å². The van der Waals surface area contributed by atoms with Crippen molar-refractivity contribution in [3.63, 3.8) is 0 Å². The Bertz CT molecular complexity index is 825. The number of rotatable bonds is 7. The monoisotopic (exact) mass is 354 g/mol. The van der Waals surface area contributed by atoms with Crippen molar-refractivity contribution >= 4 is 5.91 Å². The molecule has 1 aromatic carbocycles. The highest BCUT2D eigenvalue weighted by Gasteiger charge is 2.24. The predicted octanol–water partition coefficient (Wildman–Crippen LogP) is 3.01. The zero-order valence-electron chi connectivity index (χ0n) is 15.5. The highest BCUT2D eigenvalue weighted by atomic mass is 16.5. The van der Waals surface area contributed by atoms with Gasteiger partial charge >= 0.3 is 0 Å². The van der Waals surface area contributed by atoms with E-state index < -0.39 is 0 Å². The Balaban J connectivity index is 1.86. The zero-order chi connectivity index (χ0) is 18.5. The SMILES string of the molecule is CC(C)OCCCNC(=O)c1c(-c2ccccc2)cc(=O)n2c1CCC2. The van der Waals surface area contributed by atoms with Crippen molar-refractivity contribution in [2.75, 3.05) is 13.2 Å². The zero-order valence-corrected chi connectivity index (χ0v) is 15.5. The molecule has 0 spiro atoms. The molecule has 2 heterocycles. The van der Waals surface area contributed by atoms with Gasteiger partial charge < -0.3 is 14.6 Å². The molecule has 138 valence electrons. The fourth-order valence-corrected chi connectivity index (χ4v) is 3.39. The summed E-state index contributed by atoms with van der Waals surface area (Å²) in [6.07, 6.45) is 2.62. The minimum absolute atomic E-state index is 0.0294. The van der Waals surface area contributed by atoms with Crippen LogP contribution < -0.4 is 10.9 Å². The second-order valence-corrected chi connectivity index (χ2v) is 6.87. The number of carbonyl (C=O) groups is 1. The summed E-state index contributed by atoms with van der Waals surface area (Å²) in [6, 6.07) is 11.2. The molecule has 1 aromatic heterocycles. The van der Waals surface area contributed by atoms with Crippen LogP contribution >= 0.6 is 0 Å². The van der Waals surface area contributed by atoms with E-state index in [9.17, 15) is 9.59 Å².